The number of hydrogen-bond donors (Lipinski definition) is 2. The molecule has 0 fully saturated rings. The SMILES string of the molecule is CC(NC(=O)/C(C#N)=C\NCCc1ccccc1Br)c1ccccc1. The number of carbonyl (C=O) groups is 1. The minimum atomic E-state index is -0.382. The van der Waals surface area contributed by atoms with Gasteiger partial charge in [-0.3, -0.25) is 4.79 Å². The highest BCUT2D eigenvalue weighted by Gasteiger charge is 2.13. The fourth-order valence-electron chi connectivity index (χ4n) is 2.33. The average molecular weight is 398 g/mol. The van der Waals surface area contributed by atoms with Gasteiger partial charge < -0.3 is 10.6 Å². The minimum absolute atomic E-state index is 0.0647. The Balaban J connectivity index is 1.88. The monoisotopic (exact) mass is 397 g/mol. The predicted octanol–water partition coefficient (Wildman–Crippen LogP) is 3.87. The summed E-state index contributed by atoms with van der Waals surface area (Å²) in [6, 6.07) is 19.4. The maximum absolute atomic E-state index is 12.2. The molecular weight excluding hydrogens is 378 g/mol. The Hall–Kier alpha value is -2.58. The van der Waals surface area contributed by atoms with Crippen LogP contribution in [0.1, 0.15) is 24.1 Å². The lowest BCUT2D eigenvalue weighted by Crippen LogP contribution is -2.28. The molecule has 0 aromatic heterocycles. The number of benzene rings is 2. The molecule has 1 atom stereocenters. The van der Waals surface area contributed by atoms with Gasteiger partial charge in [0.25, 0.3) is 5.91 Å². The van der Waals surface area contributed by atoms with Crippen LogP contribution in [0, 0.1) is 11.3 Å². The van der Waals surface area contributed by atoms with E-state index in [-0.39, 0.29) is 17.5 Å². The number of nitrogens with zero attached hydrogens (tertiary/aromatic N) is 1. The van der Waals surface area contributed by atoms with Gasteiger partial charge in [0.05, 0.1) is 6.04 Å². The van der Waals surface area contributed by atoms with Crippen molar-refractivity contribution in [1.29, 1.82) is 5.26 Å². The highest BCUT2D eigenvalue weighted by Crippen LogP contribution is 2.16. The first-order chi connectivity index (χ1) is 12.1. The van der Waals surface area contributed by atoms with Crippen molar-refractivity contribution in [2.24, 2.45) is 0 Å². The molecule has 0 aliphatic heterocycles. The zero-order chi connectivity index (χ0) is 18.1. The molecule has 0 aliphatic rings. The molecule has 0 radical (unpaired) electrons. The lowest BCUT2D eigenvalue weighted by atomic mass is 10.1. The molecule has 2 aromatic rings. The third-order valence-electron chi connectivity index (χ3n) is 3.76. The summed E-state index contributed by atoms with van der Waals surface area (Å²) >= 11 is 3.50. The molecule has 0 heterocycles. The summed E-state index contributed by atoms with van der Waals surface area (Å²) in [6.45, 7) is 2.53. The van der Waals surface area contributed by atoms with Crippen LogP contribution in [-0.4, -0.2) is 12.5 Å². The van der Waals surface area contributed by atoms with Gasteiger partial charge in [0.2, 0.25) is 0 Å². The summed E-state index contributed by atoms with van der Waals surface area (Å²) < 4.78 is 1.05. The van der Waals surface area contributed by atoms with Crippen LogP contribution in [-0.2, 0) is 11.2 Å². The van der Waals surface area contributed by atoms with Crippen molar-refractivity contribution in [3.05, 3.63) is 82.0 Å². The molecular formula is C20H20BrN3O. The predicted molar refractivity (Wildman–Crippen MR) is 103 cm³/mol. The number of amides is 1. The molecule has 0 saturated heterocycles. The van der Waals surface area contributed by atoms with Gasteiger partial charge in [-0.1, -0.05) is 64.5 Å². The number of carbonyl (C=O) groups excluding carboxylic acids is 1. The van der Waals surface area contributed by atoms with Crippen LogP contribution in [0.15, 0.2) is 70.8 Å². The van der Waals surface area contributed by atoms with Gasteiger partial charge in [0, 0.05) is 17.2 Å². The van der Waals surface area contributed by atoms with E-state index in [9.17, 15) is 10.1 Å². The van der Waals surface area contributed by atoms with E-state index in [0.717, 1.165) is 16.5 Å². The van der Waals surface area contributed by atoms with Gasteiger partial charge in [-0.2, -0.15) is 5.26 Å². The molecule has 2 aromatic carbocycles. The fourth-order valence-corrected chi connectivity index (χ4v) is 2.81. The van der Waals surface area contributed by atoms with Gasteiger partial charge in [-0.25, -0.2) is 0 Å². The van der Waals surface area contributed by atoms with E-state index in [1.165, 1.54) is 11.8 Å². The van der Waals surface area contributed by atoms with Crippen LogP contribution in [0.4, 0.5) is 0 Å². The second-order valence-corrected chi connectivity index (χ2v) is 6.43. The molecule has 1 unspecified atom stereocenters. The molecule has 25 heavy (non-hydrogen) atoms. The van der Waals surface area contributed by atoms with Crippen molar-refractivity contribution in [2.45, 2.75) is 19.4 Å². The zero-order valence-corrected chi connectivity index (χ0v) is 15.6. The highest BCUT2D eigenvalue weighted by atomic mass is 79.9. The summed E-state index contributed by atoms with van der Waals surface area (Å²) in [6.07, 6.45) is 2.27. The number of rotatable bonds is 7. The van der Waals surface area contributed by atoms with E-state index in [4.69, 9.17) is 0 Å². The smallest absolute Gasteiger partial charge is 0.263 e. The third-order valence-corrected chi connectivity index (χ3v) is 4.53. The molecule has 2 N–H and O–H groups in total. The standard InChI is InChI=1S/C20H20BrN3O/c1-15(16-7-3-2-4-8-16)24-20(25)18(13-22)14-23-12-11-17-9-5-6-10-19(17)21/h2-10,14-15,23H,11-12H2,1H3,(H,24,25)/b18-14-. The topological polar surface area (TPSA) is 64.9 Å². The highest BCUT2D eigenvalue weighted by molar-refractivity contribution is 9.10. The molecule has 0 bridgehead atoms. The maximum Gasteiger partial charge on any atom is 0.263 e. The molecule has 1 amide bonds. The van der Waals surface area contributed by atoms with Crippen molar-refractivity contribution < 1.29 is 4.79 Å². The van der Waals surface area contributed by atoms with Crippen molar-refractivity contribution in [1.82, 2.24) is 10.6 Å². The summed E-state index contributed by atoms with van der Waals surface area (Å²) in [7, 11) is 0. The lowest BCUT2D eigenvalue weighted by molar-refractivity contribution is -0.117. The van der Waals surface area contributed by atoms with Crippen LogP contribution in [0.3, 0.4) is 0 Å². The molecule has 5 heteroatoms. The second-order valence-electron chi connectivity index (χ2n) is 5.57. The minimum Gasteiger partial charge on any atom is -0.389 e. The molecule has 4 nitrogen and oxygen atoms in total. The number of nitrogens with one attached hydrogen (secondary N) is 2. The summed E-state index contributed by atoms with van der Waals surface area (Å²) in [5.41, 5.74) is 2.23. The van der Waals surface area contributed by atoms with E-state index in [1.54, 1.807) is 0 Å². The summed E-state index contributed by atoms with van der Waals surface area (Å²) in [5, 5.41) is 15.1. The Labute approximate surface area is 156 Å². The van der Waals surface area contributed by atoms with Gasteiger partial charge in [0.15, 0.2) is 0 Å². The number of nitriles is 1. The van der Waals surface area contributed by atoms with Gasteiger partial charge in [0.1, 0.15) is 11.6 Å². The lowest BCUT2D eigenvalue weighted by Gasteiger charge is -2.13. The van der Waals surface area contributed by atoms with Gasteiger partial charge in [-0.05, 0) is 30.5 Å². The molecule has 0 spiro atoms. The third kappa shape index (κ3) is 5.77. The first-order valence-corrected chi connectivity index (χ1v) is 8.84. The Morgan fingerprint density at radius 1 is 1.20 bits per heavy atom. The number of halogens is 1. The van der Waals surface area contributed by atoms with Crippen LogP contribution in [0.25, 0.3) is 0 Å². The van der Waals surface area contributed by atoms with Gasteiger partial charge >= 0.3 is 0 Å². The van der Waals surface area contributed by atoms with E-state index in [1.807, 2.05) is 67.6 Å². The normalized spacial score (nSPS) is 12.1. The van der Waals surface area contributed by atoms with Crippen LogP contribution < -0.4 is 10.6 Å². The van der Waals surface area contributed by atoms with Crippen molar-refractivity contribution in [2.75, 3.05) is 6.54 Å². The molecule has 128 valence electrons. The first-order valence-electron chi connectivity index (χ1n) is 8.04. The number of hydrogen-bond acceptors (Lipinski definition) is 3. The quantitative estimate of drug-likeness (QED) is 0.423. The largest absolute Gasteiger partial charge is 0.389 e. The van der Waals surface area contributed by atoms with Gasteiger partial charge in [-0.15, -0.1) is 0 Å². The van der Waals surface area contributed by atoms with Crippen molar-refractivity contribution >= 4 is 21.8 Å². The molecule has 2 rings (SSSR count). The molecule has 0 saturated carbocycles. The van der Waals surface area contributed by atoms with Crippen molar-refractivity contribution in [3.8, 4) is 6.07 Å². The summed E-state index contributed by atoms with van der Waals surface area (Å²) in [4.78, 5) is 12.2. The first kappa shape index (κ1) is 18.8. The van der Waals surface area contributed by atoms with E-state index < -0.39 is 0 Å². The maximum atomic E-state index is 12.2. The Morgan fingerprint density at radius 3 is 2.56 bits per heavy atom. The Bertz CT molecular complexity index is 781. The Kier molecular flexibility index (Phi) is 7.24. The average Bonchev–Trinajstić information content (AvgIpc) is 2.63. The van der Waals surface area contributed by atoms with Crippen LogP contribution in [0.5, 0.6) is 0 Å². The zero-order valence-electron chi connectivity index (χ0n) is 14.0. The second kappa shape index (κ2) is 9.65. The van der Waals surface area contributed by atoms with E-state index >= 15 is 0 Å². The Morgan fingerprint density at radius 2 is 1.88 bits per heavy atom. The fraction of sp³-hybridized carbons (Fsp3) is 0.200. The van der Waals surface area contributed by atoms with Crippen molar-refractivity contribution in [3.63, 3.8) is 0 Å². The van der Waals surface area contributed by atoms with Crippen LogP contribution >= 0.6 is 15.9 Å². The van der Waals surface area contributed by atoms with Crippen LogP contribution in [0.2, 0.25) is 0 Å². The van der Waals surface area contributed by atoms with E-state index in [0.29, 0.717) is 6.54 Å². The molecule has 0 aliphatic carbocycles. The van der Waals surface area contributed by atoms with E-state index in [2.05, 4.69) is 26.6 Å². The summed E-state index contributed by atoms with van der Waals surface area (Å²) in [5.74, 6) is -0.382.